The van der Waals surface area contributed by atoms with Gasteiger partial charge in [0.05, 0.1) is 12.0 Å². The second-order valence-corrected chi connectivity index (χ2v) is 10.3. The van der Waals surface area contributed by atoms with Crippen LogP contribution in [0.3, 0.4) is 0 Å². The third kappa shape index (κ3) is 3.66. The Bertz CT molecular complexity index is 706. The monoisotopic (exact) mass is 371 g/mol. The highest BCUT2D eigenvalue weighted by Gasteiger charge is 2.41. The molecule has 24 heavy (non-hydrogen) atoms. The summed E-state index contributed by atoms with van der Waals surface area (Å²) in [7, 11) is -3.40. The Morgan fingerprint density at radius 3 is 2.62 bits per heavy atom. The molecule has 134 valence electrons. The highest BCUT2D eigenvalue weighted by Crippen LogP contribution is 2.39. The van der Waals surface area contributed by atoms with Crippen molar-refractivity contribution in [1.82, 2.24) is 9.62 Å². The normalized spacial score (nSPS) is 21.6. The molecule has 3 rings (SSSR count). The van der Waals surface area contributed by atoms with Crippen LogP contribution >= 0.6 is 11.3 Å². The summed E-state index contributed by atoms with van der Waals surface area (Å²) < 4.78 is 26.9. The van der Waals surface area contributed by atoms with E-state index in [1.165, 1.54) is 15.6 Å². The molecule has 1 saturated heterocycles. The maximum atomic E-state index is 12.5. The number of rotatable bonds is 7. The molecule has 1 aliphatic heterocycles. The molecule has 1 saturated carbocycles. The Balaban J connectivity index is 1.64. The number of amides is 1. The lowest BCUT2D eigenvalue weighted by atomic mass is 9.96. The molecule has 1 atom stereocenters. The highest BCUT2D eigenvalue weighted by atomic mass is 32.2. The van der Waals surface area contributed by atoms with E-state index in [0.29, 0.717) is 29.8 Å². The largest absolute Gasteiger partial charge is 0.349 e. The minimum atomic E-state index is -3.40. The van der Waals surface area contributed by atoms with Crippen molar-refractivity contribution >= 4 is 27.3 Å². The molecule has 0 aromatic carbocycles. The molecule has 1 aromatic heterocycles. The Hall–Kier alpha value is -0.960. The predicted octanol–water partition coefficient (Wildman–Crippen LogP) is 1.32. The van der Waals surface area contributed by atoms with Gasteiger partial charge in [0.2, 0.25) is 5.91 Å². The van der Waals surface area contributed by atoms with E-state index in [2.05, 4.69) is 5.32 Å². The van der Waals surface area contributed by atoms with Crippen molar-refractivity contribution in [3.05, 3.63) is 17.0 Å². The van der Waals surface area contributed by atoms with Crippen LogP contribution in [0.15, 0.2) is 16.3 Å². The summed E-state index contributed by atoms with van der Waals surface area (Å²) in [6, 6.07) is 3.36. The van der Waals surface area contributed by atoms with Crippen LogP contribution in [0, 0.1) is 5.92 Å². The first kappa shape index (κ1) is 17.8. The average molecular weight is 372 g/mol. The van der Waals surface area contributed by atoms with Gasteiger partial charge in [-0.2, -0.15) is 4.31 Å². The Morgan fingerprint density at radius 2 is 2.04 bits per heavy atom. The van der Waals surface area contributed by atoms with Crippen LogP contribution in [0.4, 0.5) is 0 Å². The van der Waals surface area contributed by atoms with Crippen molar-refractivity contribution in [2.75, 3.05) is 19.6 Å². The van der Waals surface area contributed by atoms with Gasteiger partial charge in [-0.25, -0.2) is 8.42 Å². The van der Waals surface area contributed by atoms with E-state index in [9.17, 15) is 13.2 Å². The lowest BCUT2D eigenvalue weighted by molar-refractivity contribution is -0.122. The summed E-state index contributed by atoms with van der Waals surface area (Å²) >= 11 is 1.19. The Kier molecular flexibility index (Phi) is 5.01. The van der Waals surface area contributed by atoms with Gasteiger partial charge in [-0.05, 0) is 50.7 Å². The van der Waals surface area contributed by atoms with Gasteiger partial charge < -0.3 is 11.1 Å². The Morgan fingerprint density at radius 1 is 1.38 bits per heavy atom. The fourth-order valence-corrected chi connectivity index (χ4v) is 6.23. The molecule has 1 aliphatic carbocycles. The van der Waals surface area contributed by atoms with Crippen molar-refractivity contribution in [3.63, 3.8) is 0 Å². The van der Waals surface area contributed by atoms with E-state index in [0.717, 1.165) is 30.6 Å². The van der Waals surface area contributed by atoms with Crippen molar-refractivity contribution in [2.45, 2.75) is 48.8 Å². The van der Waals surface area contributed by atoms with E-state index in [-0.39, 0.29) is 17.9 Å². The lowest BCUT2D eigenvalue weighted by Crippen LogP contribution is -2.53. The fourth-order valence-electron chi connectivity index (χ4n) is 3.21. The van der Waals surface area contributed by atoms with Crippen molar-refractivity contribution in [1.29, 1.82) is 0 Å². The smallest absolute Gasteiger partial charge is 0.252 e. The lowest BCUT2D eigenvalue weighted by Gasteiger charge is -2.29. The fraction of sp³-hybridized carbons (Fsp3) is 0.688. The van der Waals surface area contributed by atoms with Gasteiger partial charge in [-0.1, -0.05) is 0 Å². The average Bonchev–Trinajstić information content (AvgIpc) is 3.05. The molecule has 2 fully saturated rings. The third-order valence-corrected chi connectivity index (χ3v) is 8.41. The van der Waals surface area contributed by atoms with Crippen molar-refractivity contribution in [2.24, 2.45) is 11.7 Å². The maximum absolute atomic E-state index is 12.5. The number of hydrogen-bond acceptors (Lipinski definition) is 5. The number of nitrogens with one attached hydrogen (secondary N) is 1. The van der Waals surface area contributed by atoms with Gasteiger partial charge in [0.15, 0.2) is 0 Å². The molecule has 1 amide bonds. The van der Waals surface area contributed by atoms with E-state index >= 15 is 0 Å². The topological polar surface area (TPSA) is 92.5 Å². The molecule has 1 unspecified atom stereocenters. The van der Waals surface area contributed by atoms with Crippen molar-refractivity contribution < 1.29 is 13.2 Å². The minimum Gasteiger partial charge on any atom is -0.349 e. The van der Waals surface area contributed by atoms with Gasteiger partial charge in [-0.15, -0.1) is 11.3 Å². The summed E-state index contributed by atoms with van der Waals surface area (Å²) in [6.07, 6.45) is 4.23. The van der Waals surface area contributed by atoms with Crippen LogP contribution in [-0.2, 0) is 21.2 Å². The van der Waals surface area contributed by atoms with E-state index in [1.807, 2.05) is 6.92 Å². The standard InChI is InChI=1S/C16H25N3O3S2/c1-16(11-17,12-4-5-12)18-14(20)10-13-6-7-15(23-13)24(21,22)19-8-2-3-9-19/h6-7,12H,2-5,8-11,17H2,1H3,(H,18,20). The number of thiophene rings is 1. The van der Waals surface area contributed by atoms with Crippen LogP contribution < -0.4 is 11.1 Å². The van der Waals surface area contributed by atoms with Gasteiger partial charge in [0.1, 0.15) is 4.21 Å². The molecule has 2 aliphatic rings. The van der Waals surface area contributed by atoms with Crippen LogP contribution in [0.2, 0.25) is 0 Å². The first-order valence-corrected chi connectivity index (χ1v) is 10.7. The molecule has 6 nitrogen and oxygen atoms in total. The summed E-state index contributed by atoms with van der Waals surface area (Å²) in [5.74, 6) is 0.364. The zero-order valence-corrected chi connectivity index (χ0v) is 15.6. The van der Waals surface area contributed by atoms with E-state index in [4.69, 9.17) is 5.73 Å². The Labute approximate surface area is 147 Å². The molecule has 0 radical (unpaired) electrons. The number of nitrogens with zero attached hydrogens (tertiary/aromatic N) is 1. The molecule has 3 N–H and O–H groups in total. The van der Waals surface area contributed by atoms with E-state index in [1.54, 1.807) is 12.1 Å². The molecule has 1 aromatic rings. The molecular formula is C16H25N3O3S2. The quantitative estimate of drug-likeness (QED) is 0.756. The highest BCUT2D eigenvalue weighted by molar-refractivity contribution is 7.91. The molecule has 0 bridgehead atoms. The second kappa shape index (κ2) is 6.74. The zero-order valence-electron chi connectivity index (χ0n) is 14.0. The van der Waals surface area contributed by atoms with Crippen molar-refractivity contribution in [3.8, 4) is 0 Å². The van der Waals surface area contributed by atoms with Gasteiger partial charge >= 0.3 is 0 Å². The summed E-state index contributed by atoms with van der Waals surface area (Å²) in [4.78, 5) is 13.1. The van der Waals surface area contributed by atoms with Gasteiger partial charge in [0.25, 0.3) is 10.0 Å². The summed E-state index contributed by atoms with van der Waals surface area (Å²) in [5, 5.41) is 3.04. The number of carbonyl (C=O) groups excluding carboxylic acids is 1. The number of carbonyl (C=O) groups is 1. The zero-order chi connectivity index (χ0) is 17.4. The molecule has 8 heteroatoms. The van der Waals surface area contributed by atoms with Crippen LogP contribution in [0.5, 0.6) is 0 Å². The molecule has 2 heterocycles. The minimum absolute atomic E-state index is 0.0955. The molecular weight excluding hydrogens is 346 g/mol. The van der Waals surface area contributed by atoms with Crippen LogP contribution in [0.25, 0.3) is 0 Å². The third-order valence-electron chi connectivity index (χ3n) is 4.96. The van der Waals surface area contributed by atoms with Gasteiger partial charge in [0, 0.05) is 24.5 Å². The van der Waals surface area contributed by atoms with Gasteiger partial charge in [-0.3, -0.25) is 4.79 Å². The van der Waals surface area contributed by atoms with Crippen LogP contribution in [-0.4, -0.2) is 43.8 Å². The first-order valence-electron chi connectivity index (χ1n) is 8.45. The van der Waals surface area contributed by atoms with Crippen LogP contribution in [0.1, 0.15) is 37.5 Å². The number of nitrogens with two attached hydrogens (primary N) is 1. The number of hydrogen-bond donors (Lipinski definition) is 2. The first-order chi connectivity index (χ1) is 11.3. The van der Waals surface area contributed by atoms with E-state index < -0.39 is 10.0 Å². The predicted molar refractivity (Wildman–Crippen MR) is 94.3 cm³/mol. The molecule has 0 spiro atoms. The number of sulfonamides is 1. The summed E-state index contributed by atoms with van der Waals surface area (Å²) in [5.41, 5.74) is 5.48. The maximum Gasteiger partial charge on any atom is 0.252 e. The second-order valence-electron chi connectivity index (χ2n) is 6.95. The summed E-state index contributed by atoms with van der Waals surface area (Å²) in [6.45, 7) is 3.58. The SMILES string of the molecule is CC(CN)(NC(=O)Cc1ccc(S(=O)(=O)N2CCCC2)s1)C1CC1.